The zero-order chi connectivity index (χ0) is 18.8. The molecule has 0 aliphatic rings. The molecule has 0 saturated carbocycles. The molecular formula is C23H25BrOSi. The summed E-state index contributed by atoms with van der Waals surface area (Å²) in [7, 11) is -2.86. The van der Waals surface area contributed by atoms with Gasteiger partial charge in [-0.1, -0.05) is 103 Å². The highest BCUT2D eigenvalue weighted by Crippen LogP contribution is 2.22. The standard InChI is InChI=1S/C23H25BrOSi/c1-23(2,3)19-11-15-22(16-12-19)26(25,21-7-5-4-6-8-21)17-18-9-13-20(24)14-10-18/h4-16,25H,17H2,1-3H3. The van der Waals surface area contributed by atoms with Crippen molar-refractivity contribution in [3.8, 4) is 0 Å². The Labute approximate surface area is 166 Å². The van der Waals surface area contributed by atoms with Gasteiger partial charge in [0, 0.05) is 4.47 Å². The Balaban J connectivity index is 2.04. The van der Waals surface area contributed by atoms with Gasteiger partial charge in [0.1, 0.15) is 0 Å². The van der Waals surface area contributed by atoms with Crippen molar-refractivity contribution in [2.75, 3.05) is 0 Å². The van der Waals surface area contributed by atoms with Gasteiger partial charge in [-0.2, -0.15) is 0 Å². The van der Waals surface area contributed by atoms with E-state index < -0.39 is 8.32 Å². The number of rotatable bonds is 4. The fraction of sp³-hybridized carbons (Fsp3) is 0.217. The summed E-state index contributed by atoms with van der Waals surface area (Å²) in [5, 5.41) is 2.10. The van der Waals surface area contributed by atoms with Crippen LogP contribution in [0.1, 0.15) is 31.9 Å². The minimum Gasteiger partial charge on any atom is -0.424 e. The smallest absolute Gasteiger partial charge is 0.256 e. The fourth-order valence-electron chi connectivity index (χ4n) is 3.23. The van der Waals surface area contributed by atoms with Gasteiger partial charge in [-0.3, -0.25) is 0 Å². The first-order valence-corrected chi connectivity index (χ1v) is 11.9. The molecule has 0 bridgehead atoms. The Morgan fingerprint density at radius 1 is 0.769 bits per heavy atom. The summed E-state index contributed by atoms with van der Waals surface area (Å²) in [6.07, 6.45) is 0. The van der Waals surface area contributed by atoms with Gasteiger partial charge in [0.15, 0.2) is 0 Å². The zero-order valence-corrected chi connectivity index (χ0v) is 18.1. The first kappa shape index (κ1) is 19.1. The summed E-state index contributed by atoms with van der Waals surface area (Å²) in [5.74, 6) is 0. The molecule has 3 aromatic carbocycles. The minimum atomic E-state index is -2.86. The van der Waals surface area contributed by atoms with Gasteiger partial charge < -0.3 is 4.80 Å². The molecule has 3 heteroatoms. The van der Waals surface area contributed by atoms with Crippen molar-refractivity contribution in [1.82, 2.24) is 0 Å². The van der Waals surface area contributed by atoms with Gasteiger partial charge in [-0.05, 0) is 45.1 Å². The molecule has 1 unspecified atom stereocenters. The summed E-state index contributed by atoms with van der Waals surface area (Å²) < 4.78 is 1.06. The van der Waals surface area contributed by atoms with Gasteiger partial charge in [0.05, 0.1) is 0 Å². The second kappa shape index (κ2) is 7.51. The second-order valence-corrected chi connectivity index (χ2v) is 12.0. The van der Waals surface area contributed by atoms with Crippen molar-refractivity contribution in [3.63, 3.8) is 0 Å². The maximum atomic E-state index is 11.9. The van der Waals surface area contributed by atoms with Crippen molar-refractivity contribution in [3.05, 3.63) is 94.5 Å². The lowest BCUT2D eigenvalue weighted by molar-refractivity contribution is 0.564. The van der Waals surface area contributed by atoms with Gasteiger partial charge in [0.25, 0.3) is 8.32 Å². The van der Waals surface area contributed by atoms with Crippen LogP contribution in [-0.4, -0.2) is 13.1 Å². The number of benzene rings is 3. The van der Waals surface area contributed by atoms with E-state index in [1.807, 2.05) is 30.3 Å². The van der Waals surface area contributed by atoms with Gasteiger partial charge in [-0.25, -0.2) is 0 Å². The van der Waals surface area contributed by atoms with Gasteiger partial charge >= 0.3 is 0 Å². The maximum absolute atomic E-state index is 11.9. The van der Waals surface area contributed by atoms with Crippen molar-refractivity contribution in [2.45, 2.75) is 32.2 Å². The molecule has 134 valence electrons. The lowest BCUT2D eigenvalue weighted by Gasteiger charge is -2.28. The summed E-state index contributed by atoms with van der Waals surface area (Å²) in [4.78, 5) is 11.9. The van der Waals surface area contributed by atoms with E-state index in [1.54, 1.807) is 0 Å². The number of hydrogen-bond donors (Lipinski definition) is 1. The molecule has 26 heavy (non-hydrogen) atoms. The molecule has 0 spiro atoms. The van der Waals surface area contributed by atoms with Crippen LogP contribution in [0.5, 0.6) is 0 Å². The van der Waals surface area contributed by atoms with Crippen LogP contribution in [0.3, 0.4) is 0 Å². The van der Waals surface area contributed by atoms with Gasteiger partial charge in [-0.15, -0.1) is 0 Å². The van der Waals surface area contributed by atoms with E-state index in [-0.39, 0.29) is 5.41 Å². The molecule has 0 radical (unpaired) electrons. The molecule has 1 nitrogen and oxygen atoms in total. The number of hydrogen-bond acceptors (Lipinski definition) is 1. The van der Waals surface area contributed by atoms with E-state index in [2.05, 4.69) is 85.2 Å². The average Bonchev–Trinajstić information content (AvgIpc) is 2.64. The van der Waals surface area contributed by atoms with E-state index >= 15 is 0 Å². The van der Waals surface area contributed by atoms with Crippen LogP contribution in [0.4, 0.5) is 0 Å². The van der Waals surface area contributed by atoms with Crippen LogP contribution < -0.4 is 10.4 Å². The summed E-state index contributed by atoms with van der Waals surface area (Å²) in [5.41, 5.74) is 2.55. The van der Waals surface area contributed by atoms with E-state index in [4.69, 9.17) is 0 Å². The second-order valence-electron chi connectivity index (χ2n) is 7.86. The highest BCUT2D eigenvalue weighted by atomic mass is 79.9. The Kier molecular flexibility index (Phi) is 5.52. The highest BCUT2D eigenvalue weighted by molar-refractivity contribution is 9.10. The van der Waals surface area contributed by atoms with Crippen LogP contribution >= 0.6 is 15.9 Å². The molecule has 0 heterocycles. The largest absolute Gasteiger partial charge is 0.424 e. The van der Waals surface area contributed by atoms with E-state index in [0.717, 1.165) is 20.4 Å². The third-order valence-electron chi connectivity index (χ3n) is 4.85. The molecule has 0 amide bonds. The Bertz CT molecular complexity index is 851. The lowest BCUT2D eigenvalue weighted by Crippen LogP contribution is -2.60. The maximum Gasteiger partial charge on any atom is 0.256 e. The van der Waals surface area contributed by atoms with Crippen molar-refractivity contribution < 1.29 is 4.80 Å². The molecule has 0 aliphatic carbocycles. The van der Waals surface area contributed by atoms with Crippen LogP contribution in [0, 0.1) is 0 Å². The molecule has 0 aliphatic heterocycles. The van der Waals surface area contributed by atoms with E-state index in [9.17, 15) is 4.80 Å². The van der Waals surface area contributed by atoms with Crippen LogP contribution in [0.25, 0.3) is 0 Å². The molecule has 3 aromatic rings. The first-order chi connectivity index (χ1) is 12.3. The summed E-state index contributed by atoms with van der Waals surface area (Å²) in [6, 6.07) is 27.6. The highest BCUT2D eigenvalue weighted by Gasteiger charge is 2.36. The molecule has 0 fully saturated rings. The van der Waals surface area contributed by atoms with Crippen LogP contribution in [0.15, 0.2) is 83.3 Å². The predicted molar refractivity (Wildman–Crippen MR) is 117 cm³/mol. The summed E-state index contributed by atoms with van der Waals surface area (Å²) >= 11 is 3.49. The molecular weight excluding hydrogens is 400 g/mol. The third kappa shape index (κ3) is 4.17. The Morgan fingerprint density at radius 2 is 1.31 bits per heavy atom. The molecule has 3 rings (SSSR count). The fourth-order valence-corrected chi connectivity index (χ4v) is 6.52. The monoisotopic (exact) mass is 424 g/mol. The lowest BCUT2D eigenvalue weighted by atomic mass is 9.87. The normalized spacial score (nSPS) is 14.0. The zero-order valence-electron chi connectivity index (χ0n) is 15.5. The molecule has 1 N–H and O–H groups in total. The van der Waals surface area contributed by atoms with Crippen LogP contribution in [-0.2, 0) is 11.5 Å². The summed E-state index contributed by atoms with van der Waals surface area (Å²) in [6.45, 7) is 6.64. The van der Waals surface area contributed by atoms with Crippen LogP contribution in [0.2, 0.25) is 0 Å². The molecule has 0 saturated heterocycles. The van der Waals surface area contributed by atoms with Crippen molar-refractivity contribution >= 4 is 34.6 Å². The molecule has 0 aromatic heterocycles. The minimum absolute atomic E-state index is 0.108. The third-order valence-corrected chi connectivity index (χ3v) is 8.88. The topological polar surface area (TPSA) is 20.2 Å². The SMILES string of the molecule is CC(C)(C)c1ccc([Si](O)(Cc2ccc(Br)cc2)c2ccccc2)cc1. The van der Waals surface area contributed by atoms with Crippen molar-refractivity contribution in [2.24, 2.45) is 0 Å². The predicted octanol–water partition coefficient (Wildman–Crippen LogP) is 4.58. The molecule has 1 atom stereocenters. The first-order valence-electron chi connectivity index (χ1n) is 8.92. The quantitative estimate of drug-likeness (QED) is 0.607. The Hall–Kier alpha value is -1.68. The average molecular weight is 425 g/mol. The van der Waals surface area contributed by atoms with Gasteiger partial charge in [0.2, 0.25) is 0 Å². The Morgan fingerprint density at radius 3 is 1.85 bits per heavy atom. The van der Waals surface area contributed by atoms with E-state index in [0.29, 0.717) is 6.04 Å². The van der Waals surface area contributed by atoms with Crippen molar-refractivity contribution in [1.29, 1.82) is 0 Å². The van der Waals surface area contributed by atoms with E-state index in [1.165, 1.54) is 5.56 Å². The number of halogens is 1.